The van der Waals surface area contributed by atoms with Gasteiger partial charge in [0, 0.05) is 48.6 Å². The van der Waals surface area contributed by atoms with Gasteiger partial charge in [-0.3, -0.25) is 4.84 Å². The summed E-state index contributed by atoms with van der Waals surface area (Å²) in [5.74, 6) is 9.14. The number of hydrogen-bond acceptors (Lipinski definition) is 8. The van der Waals surface area contributed by atoms with Gasteiger partial charge >= 0.3 is 6.03 Å². The second kappa shape index (κ2) is 12.5. The molecule has 0 unspecified atom stereocenters. The number of amides is 2. The fourth-order valence-corrected chi connectivity index (χ4v) is 5.52. The Balaban J connectivity index is 0.998. The van der Waals surface area contributed by atoms with E-state index in [1.165, 1.54) is 5.06 Å². The molecule has 0 radical (unpaired) electrons. The van der Waals surface area contributed by atoms with Crippen molar-refractivity contribution in [2.24, 2.45) is 0 Å². The number of aryl methyl sites for hydroxylation is 1. The molecule has 11 heteroatoms. The molecule has 2 N–H and O–H groups in total. The van der Waals surface area contributed by atoms with E-state index in [0.717, 1.165) is 59.8 Å². The standard InChI is InChI=1S/C34H30N8O3/c1-44-30-20-26(32-40-39-31-11-6-17-41(31)32)14-15-28(30)38-33-35-21-24(22-36-33)13-12-23-7-5-10-27(19-23)37-34(43)42-29(16-18-45-42)25-8-3-2-4-9-25/h2-5,7-10,14-15,19-22,29H,6,11,16-18H2,1H3,(H,37,43)(H,35,36,38)/t29-/m0/s1. The number of benzene rings is 3. The van der Waals surface area contributed by atoms with Gasteiger partial charge in [-0.2, -0.15) is 5.06 Å². The molecule has 45 heavy (non-hydrogen) atoms. The Labute approximate surface area is 260 Å². The molecule has 3 aromatic carbocycles. The summed E-state index contributed by atoms with van der Waals surface area (Å²) in [5.41, 5.74) is 4.71. The minimum atomic E-state index is -0.323. The van der Waals surface area contributed by atoms with Crippen molar-refractivity contribution in [1.29, 1.82) is 0 Å². The number of aromatic nitrogens is 5. The number of nitrogens with one attached hydrogen (secondary N) is 2. The Morgan fingerprint density at radius 2 is 1.82 bits per heavy atom. The second-order valence-corrected chi connectivity index (χ2v) is 10.7. The molecule has 224 valence electrons. The molecule has 0 aliphatic carbocycles. The van der Waals surface area contributed by atoms with E-state index in [0.29, 0.717) is 29.6 Å². The van der Waals surface area contributed by atoms with Crippen LogP contribution < -0.4 is 15.4 Å². The van der Waals surface area contributed by atoms with Crippen LogP contribution >= 0.6 is 0 Å². The number of rotatable bonds is 6. The lowest BCUT2D eigenvalue weighted by atomic mass is 10.1. The zero-order valence-corrected chi connectivity index (χ0v) is 24.6. The number of carbonyl (C=O) groups is 1. The second-order valence-electron chi connectivity index (χ2n) is 10.7. The summed E-state index contributed by atoms with van der Waals surface area (Å²) in [7, 11) is 1.63. The number of hydroxylamine groups is 2. The molecule has 2 aliphatic rings. The summed E-state index contributed by atoms with van der Waals surface area (Å²) in [6.45, 7) is 1.41. The smallest absolute Gasteiger partial charge is 0.346 e. The van der Waals surface area contributed by atoms with E-state index in [1.54, 1.807) is 19.5 Å². The Hall–Kier alpha value is -5.73. The summed E-state index contributed by atoms with van der Waals surface area (Å²) in [5, 5.41) is 16.2. The van der Waals surface area contributed by atoms with Gasteiger partial charge in [0.05, 0.1) is 31.0 Å². The molecular weight excluding hydrogens is 568 g/mol. The highest BCUT2D eigenvalue weighted by atomic mass is 16.7. The van der Waals surface area contributed by atoms with Gasteiger partial charge in [0.2, 0.25) is 5.95 Å². The maximum absolute atomic E-state index is 13.0. The van der Waals surface area contributed by atoms with E-state index >= 15 is 0 Å². The topological polar surface area (TPSA) is 119 Å². The van der Waals surface area contributed by atoms with Crippen molar-refractivity contribution >= 4 is 23.4 Å². The van der Waals surface area contributed by atoms with Crippen LogP contribution in [0, 0.1) is 11.8 Å². The number of nitrogens with zero attached hydrogens (tertiary/aromatic N) is 6. The molecule has 1 saturated heterocycles. The normalized spacial score (nSPS) is 15.2. The number of urea groups is 1. The number of fused-ring (bicyclic) bond motifs is 1. The third-order valence-electron chi connectivity index (χ3n) is 7.72. The number of methoxy groups -OCH3 is 1. The van der Waals surface area contributed by atoms with Gasteiger partial charge in [-0.25, -0.2) is 14.8 Å². The van der Waals surface area contributed by atoms with E-state index in [2.05, 4.69) is 47.2 Å². The van der Waals surface area contributed by atoms with E-state index in [1.807, 2.05) is 72.8 Å². The molecule has 7 rings (SSSR count). The molecule has 0 bridgehead atoms. The summed E-state index contributed by atoms with van der Waals surface area (Å²) in [6.07, 6.45) is 6.09. The van der Waals surface area contributed by atoms with Crippen molar-refractivity contribution in [3.8, 4) is 29.0 Å². The number of anilines is 3. The number of carbonyl (C=O) groups excluding carboxylic acids is 1. The number of hydrogen-bond donors (Lipinski definition) is 2. The summed E-state index contributed by atoms with van der Waals surface area (Å²) < 4.78 is 7.80. The third-order valence-corrected chi connectivity index (χ3v) is 7.72. The Morgan fingerprint density at radius 1 is 0.978 bits per heavy atom. The highest BCUT2D eigenvalue weighted by molar-refractivity contribution is 5.89. The van der Waals surface area contributed by atoms with E-state index < -0.39 is 0 Å². The average Bonchev–Trinajstić information content (AvgIpc) is 3.84. The SMILES string of the molecule is COc1cc(-c2nnc3n2CCC3)ccc1Nc1ncc(C#Cc2cccc(NC(=O)N3OCC[C@H]3c3ccccc3)c2)cn1. The van der Waals surface area contributed by atoms with Crippen LogP contribution in [0.1, 0.15) is 41.4 Å². The molecule has 5 aromatic rings. The van der Waals surface area contributed by atoms with Gasteiger partial charge in [0.1, 0.15) is 11.6 Å². The predicted molar refractivity (Wildman–Crippen MR) is 169 cm³/mol. The Morgan fingerprint density at radius 3 is 2.67 bits per heavy atom. The molecule has 1 fully saturated rings. The first kappa shape index (κ1) is 28.1. The first-order valence-electron chi connectivity index (χ1n) is 14.7. The van der Waals surface area contributed by atoms with Gasteiger partial charge in [0.25, 0.3) is 0 Å². The maximum Gasteiger partial charge on any atom is 0.346 e. The van der Waals surface area contributed by atoms with E-state index in [4.69, 9.17) is 9.57 Å². The van der Waals surface area contributed by atoms with Crippen molar-refractivity contribution in [3.05, 3.63) is 108 Å². The molecule has 2 aromatic heterocycles. The van der Waals surface area contributed by atoms with Gasteiger partial charge in [0.15, 0.2) is 5.82 Å². The molecule has 1 atom stereocenters. The van der Waals surface area contributed by atoms with Gasteiger partial charge in [-0.15, -0.1) is 10.2 Å². The van der Waals surface area contributed by atoms with Crippen molar-refractivity contribution in [1.82, 2.24) is 29.8 Å². The summed E-state index contributed by atoms with van der Waals surface area (Å²) in [6, 6.07) is 22.6. The first-order chi connectivity index (χ1) is 22.1. The predicted octanol–water partition coefficient (Wildman–Crippen LogP) is 5.74. The highest BCUT2D eigenvalue weighted by Gasteiger charge is 2.31. The minimum absolute atomic E-state index is 0.132. The van der Waals surface area contributed by atoms with Crippen LogP contribution in [0.3, 0.4) is 0 Å². The monoisotopic (exact) mass is 598 g/mol. The van der Waals surface area contributed by atoms with Crippen LogP contribution in [0.25, 0.3) is 11.4 Å². The first-order valence-corrected chi connectivity index (χ1v) is 14.7. The van der Waals surface area contributed by atoms with E-state index in [-0.39, 0.29) is 12.1 Å². The maximum atomic E-state index is 13.0. The summed E-state index contributed by atoms with van der Waals surface area (Å²) >= 11 is 0. The van der Waals surface area contributed by atoms with Crippen molar-refractivity contribution in [3.63, 3.8) is 0 Å². The zero-order valence-electron chi connectivity index (χ0n) is 24.6. The van der Waals surface area contributed by atoms with Gasteiger partial charge in [-0.1, -0.05) is 48.2 Å². The van der Waals surface area contributed by atoms with Crippen LogP contribution in [-0.2, 0) is 17.8 Å². The molecule has 0 saturated carbocycles. The fraction of sp³-hybridized carbons (Fsp3) is 0.206. The average molecular weight is 599 g/mol. The molecule has 2 amide bonds. The van der Waals surface area contributed by atoms with Gasteiger partial charge < -0.3 is 19.9 Å². The largest absolute Gasteiger partial charge is 0.495 e. The fourth-order valence-electron chi connectivity index (χ4n) is 5.52. The lowest BCUT2D eigenvalue weighted by Gasteiger charge is -2.23. The van der Waals surface area contributed by atoms with Crippen LogP contribution in [-0.4, -0.2) is 49.5 Å². The van der Waals surface area contributed by atoms with Gasteiger partial charge in [-0.05, 0) is 48.4 Å². The molecule has 4 heterocycles. The third kappa shape index (κ3) is 6.04. The van der Waals surface area contributed by atoms with Crippen molar-refractivity contribution in [2.75, 3.05) is 24.4 Å². The Bertz CT molecular complexity index is 1900. The molecule has 0 spiro atoms. The Kier molecular flexibility index (Phi) is 7.78. The molecule has 11 nitrogen and oxygen atoms in total. The van der Waals surface area contributed by atoms with Crippen LogP contribution in [0.15, 0.2) is 85.2 Å². The lowest BCUT2D eigenvalue weighted by Crippen LogP contribution is -2.33. The zero-order chi connectivity index (χ0) is 30.6. The highest BCUT2D eigenvalue weighted by Crippen LogP contribution is 2.33. The van der Waals surface area contributed by atoms with E-state index in [9.17, 15) is 4.79 Å². The molecular formula is C34H30N8O3. The lowest BCUT2D eigenvalue weighted by molar-refractivity contribution is -0.0829. The van der Waals surface area contributed by atoms with Crippen LogP contribution in [0.5, 0.6) is 5.75 Å². The minimum Gasteiger partial charge on any atom is -0.495 e. The molecule has 2 aliphatic heterocycles. The quantitative estimate of drug-likeness (QED) is 0.238. The van der Waals surface area contributed by atoms with Crippen LogP contribution in [0.4, 0.5) is 22.1 Å². The van der Waals surface area contributed by atoms with Crippen LogP contribution in [0.2, 0.25) is 0 Å². The van der Waals surface area contributed by atoms with Crippen molar-refractivity contribution in [2.45, 2.75) is 31.8 Å². The van der Waals surface area contributed by atoms with Crippen molar-refractivity contribution < 1.29 is 14.4 Å². The summed E-state index contributed by atoms with van der Waals surface area (Å²) in [4.78, 5) is 27.5. The number of ether oxygens (including phenoxy) is 1.